The summed E-state index contributed by atoms with van der Waals surface area (Å²) in [4.78, 5) is 0.0504. The van der Waals surface area contributed by atoms with Crippen molar-refractivity contribution >= 4 is 21.4 Å². The molecule has 1 rings (SSSR count). The highest BCUT2D eigenvalue weighted by Gasteiger charge is 2.15. The molecule has 0 saturated heterocycles. The first kappa shape index (κ1) is 15.7. The SMILES string of the molecule is COCC(C)CNc1cc(N)cc(S(N)(=O)=O)c1C. The Morgan fingerprint density at radius 3 is 2.58 bits per heavy atom. The Labute approximate surface area is 114 Å². The van der Waals surface area contributed by atoms with Crippen LogP contribution in [-0.2, 0) is 14.8 Å². The zero-order chi connectivity index (χ0) is 14.6. The third kappa shape index (κ3) is 4.38. The van der Waals surface area contributed by atoms with E-state index in [9.17, 15) is 8.42 Å². The van der Waals surface area contributed by atoms with Gasteiger partial charge in [-0.2, -0.15) is 0 Å². The van der Waals surface area contributed by atoms with Gasteiger partial charge in [-0.25, -0.2) is 13.6 Å². The predicted molar refractivity (Wildman–Crippen MR) is 76.5 cm³/mol. The van der Waals surface area contributed by atoms with Crippen molar-refractivity contribution in [2.45, 2.75) is 18.7 Å². The van der Waals surface area contributed by atoms with Crippen LogP contribution in [0.5, 0.6) is 0 Å². The van der Waals surface area contributed by atoms with Crippen LogP contribution < -0.4 is 16.2 Å². The number of nitrogen functional groups attached to an aromatic ring is 1. The van der Waals surface area contributed by atoms with Crippen molar-refractivity contribution in [2.75, 3.05) is 31.3 Å². The minimum Gasteiger partial charge on any atom is -0.399 e. The lowest BCUT2D eigenvalue weighted by molar-refractivity contribution is 0.164. The van der Waals surface area contributed by atoms with Crippen molar-refractivity contribution in [3.8, 4) is 0 Å². The van der Waals surface area contributed by atoms with E-state index in [1.165, 1.54) is 6.07 Å². The highest BCUT2D eigenvalue weighted by atomic mass is 32.2. The molecule has 6 nitrogen and oxygen atoms in total. The van der Waals surface area contributed by atoms with E-state index in [0.717, 1.165) is 0 Å². The molecule has 5 N–H and O–H groups in total. The van der Waals surface area contributed by atoms with Crippen molar-refractivity contribution in [1.29, 1.82) is 0 Å². The molecule has 0 aliphatic heterocycles. The van der Waals surface area contributed by atoms with Crippen molar-refractivity contribution in [3.05, 3.63) is 17.7 Å². The summed E-state index contributed by atoms with van der Waals surface area (Å²) in [6.45, 7) is 5.00. The second-order valence-corrected chi connectivity index (χ2v) is 6.21. The molecule has 0 bridgehead atoms. The Hall–Kier alpha value is -1.31. The molecular weight excluding hydrogens is 266 g/mol. The molecular formula is C12H21N3O3S. The number of nitrogens with two attached hydrogens (primary N) is 2. The van der Waals surface area contributed by atoms with E-state index in [1.54, 1.807) is 20.1 Å². The van der Waals surface area contributed by atoms with E-state index in [2.05, 4.69) is 5.32 Å². The first-order valence-corrected chi connectivity index (χ1v) is 7.46. The van der Waals surface area contributed by atoms with Crippen LogP contribution in [0.4, 0.5) is 11.4 Å². The van der Waals surface area contributed by atoms with Gasteiger partial charge in [0.15, 0.2) is 0 Å². The van der Waals surface area contributed by atoms with Gasteiger partial charge in [0, 0.05) is 25.0 Å². The van der Waals surface area contributed by atoms with Crippen molar-refractivity contribution in [3.63, 3.8) is 0 Å². The van der Waals surface area contributed by atoms with Gasteiger partial charge in [0.2, 0.25) is 10.0 Å². The van der Waals surface area contributed by atoms with Gasteiger partial charge in [0.05, 0.1) is 11.5 Å². The number of rotatable bonds is 6. The fourth-order valence-corrected chi connectivity index (χ4v) is 2.65. The second-order valence-electron chi connectivity index (χ2n) is 4.68. The number of hydrogen-bond donors (Lipinski definition) is 3. The Bertz CT molecular complexity index is 543. The zero-order valence-electron chi connectivity index (χ0n) is 11.4. The molecule has 0 aromatic heterocycles. The quantitative estimate of drug-likeness (QED) is 0.674. The molecule has 0 aliphatic rings. The van der Waals surface area contributed by atoms with Gasteiger partial charge in [-0.15, -0.1) is 0 Å². The largest absolute Gasteiger partial charge is 0.399 e. The third-order valence-corrected chi connectivity index (χ3v) is 3.82. The predicted octanol–water partition coefficient (Wildman–Crippen LogP) is 0.919. The number of anilines is 2. The molecule has 1 unspecified atom stereocenters. The first-order valence-electron chi connectivity index (χ1n) is 5.91. The van der Waals surface area contributed by atoms with Crippen LogP contribution in [0.2, 0.25) is 0 Å². The fraction of sp³-hybridized carbons (Fsp3) is 0.500. The number of ether oxygens (including phenoxy) is 1. The van der Waals surface area contributed by atoms with Gasteiger partial charge in [0.1, 0.15) is 0 Å². The summed E-state index contributed by atoms with van der Waals surface area (Å²) in [5.74, 6) is 0.295. The summed E-state index contributed by atoms with van der Waals surface area (Å²) in [5.41, 5.74) is 7.31. The van der Waals surface area contributed by atoms with Crippen LogP contribution in [0, 0.1) is 12.8 Å². The minimum atomic E-state index is -3.77. The molecule has 19 heavy (non-hydrogen) atoms. The van der Waals surface area contributed by atoms with Gasteiger partial charge in [-0.3, -0.25) is 0 Å². The summed E-state index contributed by atoms with van der Waals surface area (Å²) >= 11 is 0. The van der Waals surface area contributed by atoms with Gasteiger partial charge in [-0.05, 0) is 30.5 Å². The number of benzene rings is 1. The molecule has 0 amide bonds. The number of primary sulfonamides is 1. The molecule has 1 aromatic rings. The van der Waals surface area contributed by atoms with Crippen molar-refractivity contribution < 1.29 is 13.2 Å². The van der Waals surface area contributed by atoms with Crippen LogP contribution in [-0.4, -0.2) is 28.7 Å². The Morgan fingerprint density at radius 1 is 1.42 bits per heavy atom. The molecule has 0 radical (unpaired) electrons. The molecule has 0 spiro atoms. The average Bonchev–Trinajstić information content (AvgIpc) is 2.28. The fourth-order valence-electron chi connectivity index (χ4n) is 1.82. The standard InChI is InChI=1S/C12H21N3O3S/c1-8(7-18-3)6-15-11-4-10(13)5-12(9(11)2)19(14,16)17/h4-5,8,15H,6-7,13H2,1-3H3,(H2,14,16,17). The van der Waals surface area contributed by atoms with E-state index >= 15 is 0 Å². The van der Waals surface area contributed by atoms with Crippen molar-refractivity contribution in [2.24, 2.45) is 11.1 Å². The van der Waals surface area contributed by atoms with Crippen molar-refractivity contribution in [1.82, 2.24) is 0 Å². The molecule has 0 fully saturated rings. The minimum absolute atomic E-state index is 0.0504. The lowest BCUT2D eigenvalue weighted by Gasteiger charge is -2.16. The highest BCUT2D eigenvalue weighted by molar-refractivity contribution is 7.89. The van der Waals surface area contributed by atoms with Gasteiger partial charge in [0.25, 0.3) is 0 Å². The number of sulfonamides is 1. The summed E-state index contributed by atoms with van der Waals surface area (Å²) < 4.78 is 28.0. The number of hydrogen-bond acceptors (Lipinski definition) is 5. The van der Waals surface area contributed by atoms with Crippen LogP contribution in [0.25, 0.3) is 0 Å². The first-order chi connectivity index (χ1) is 8.75. The van der Waals surface area contributed by atoms with Gasteiger partial charge in [-0.1, -0.05) is 6.92 Å². The highest BCUT2D eigenvalue weighted by Crippen LogP contribution is 2.26. The smallest absolute Gasteiger partial charge is 0.238 e. The molecule has 0 saturated carbocycles. The maximum Gasteiger partial charge on any atom is 0.238 e. The van der Waals surface area contributed by atoms with Crippen LogP contribution in [0.15, 0.2) is 17.0 Å². The van der Waals surface area contributed by atoms with Crippen LogP contribution in [0.3, 0.4) is 0 Å². The molecule has 1 atom stereocenters. The topological polar surface area (TPSA) is 107 Å². The normalized spacial score (nSPS) is 13.3. The van der Waals surface area contributed by atoms with Gasteiger partial charge < -0.3 is 15.8 Å². The van der Waals surface area contributed by atoms with E-state index in [1.807, 2.05) is 6.92 Å². The van der Waals surface area contributed by atoms with Gasteiger partial charge >= 0.3 is 0 Å². The van der Waals surface area contributed by atoms with Crippen LogP contribution >= 0.6 is 0 Å². The summed E-state index contributed by atoms with van der Waals surface area (Å²) in [7, 11) is -2.13. The lowest BCUT2D eigenvalue weighted by atomic mass is 10.1. The summed E-state index contributed by atoms with van der Waals surface area (Å²) in [6.07, 6.45) is 0. The average molecular weight is 287 g/mol. The van der Waals surface area contributed by atoms with E-state index in [-0.39, 0.29) is 4.90 Å². The molecule has 1 aromatic carbocycles. The van der Waals surface area contributed by atoms with E-state index < -0.39 is 10.0 Å². The lowest BCUT2D eigenvalue weighted by Crippen LogP contribution is -2.18. The molecule has 0 aliphatic carbocycles. The Kier molecular flexibility index (Phi) is 5.16. The van der Waals surface area contributed by atoms with Crippen LogP contribution in [0.1, 0.15) is 12.5 Å². The number of nitrogens with one attached hydrogen (secondary N) is 1. The maximum absolute atomic E-state index is 11.5. The molecule has 108 valence electrons. The van der Waals surface area contributed by atoms with E-state index in [0.29, 0.717) is 36.0 Å². The zero-order valence-corrected chi connectivity index (χ0v) is 12.3. The number of methoxy groups -OCH3 is 1. The Balaban J connectivity index is 2.99. The second kappa shape index (κ2) is 6.23. The van der Waals surface area contributed by atoms with E-state index in [4.69, 9.17) is 15.6 Å². The summed E-state index contributed by atoms with van der Waals surface area (Å²) in [5, 5.41) is 8.34. The summed E-state index contributed by atoms with van der Waals surface area (Å²) in [6, 6.07) is 3.07. The maximum atomic E-state index is 11.5. The molecule has 7 heteroatoms. The monoisotopic (exact) mass is 287 g/mol. The molecule has 0 heterocycles. The Morgan fingerprint density at radius 2 is 2.05 bits per heavy atom. The third-order valence-electron chi connectivity index (χ3n) is 2.78.